The molecular formula is C28H49N5O4. The molecule has 1 aromatic rings. The monoisotopic (exact) mass is 519 g/mol. The fourth-order valence-corrected chi connectivity index (χ4v) is 4.79. The molecule has 9 nitrogen and oxygen atoms in total. The van der Waals surface area contributed by atoms with Crippen molar-refractivity contribution in [2.75, 3.05) is 44.2 Å². The van der Waals surface area contributed by atoms with Gasteiger partial charge in [-0.2, -0.15) is 0 Å². The van der Waals surface area contributed by atoms with Crippen molar-refractivity contribution in [1.82, 2.24) is 15.2 Å². The first-order valence-corrected chi connectivity index (χ1v) is 14.5. The van der Waals surface area contributed by atoms with Crippen LogP contribution in [0, 0.1) is 10.1 Å². The number of nitrogens with zero attached hydrogens (tertiary/aromatic N) is 4. The van der Waals surface area contributed by atoms with Gasteiger partial charge < -0.3 is 15.1 Å². The summed E-state index contributed by atoms with van der Waals surface area (Å²) in [4.78, 5) is 36.1. The van der Waals surface area contributed by atoms with Crippen LogP contribution in [0.3, 0.4) is 0 Å². The van der Waals surface area contributed by atoms with E-state index in [1.165, 1.54) is 51.4 Å². The third-order valence-corrected chi connectivity index (χ3v) is 7.18. The van der Waals surface area contributed by atoms with Gasteiger partial charge in [0.2, 0.25) is 0 Å². The predicted octanol–water partition coefficient (Wildman–Crippen LogP) is 5.62. The van der Waals surface area contributed by atoms with Crippen molar-refractivity contribution < 1.29 is 14.7 Å². The number of hydrogen-bond acceptors (Lipinski definition) is 7. The molecule has 9 heteroatoms. The Kier molecular flexibility index (Phi) is 15.6. The third kappa shape index (κ3) is 13.6. The number of rotatable bonds is 20. The van der Waals surface area contributed by atoms with E-state index in [9.17, 15) is 14.9 Å². The second-order valence-corrected chi connectivity index (χ2v) is 10.4. The number of carbonyl (C=O) groups excluding carboxylic acids is 1. The van der Waals surface area contributed by atoms with Crippen molar-refractivity contribution in [3.63, 3.8) is 0 Å². The summed E-state index contributed by atoms with van der Waals surface area (Å²) in [6.07, 6.45) is 16.9. The number of unbranched alkanes of at least 4 members (excludes halogenated alkanes) is 12. The Morgan fingerprint density at radius 2 is 1.46 bits per heavy atom. The molecule has 1 amide bonds. The first-order chi connectivity index (χ1) is 18.0. The molecule has 2 rings (SSSR count). The van der Waals surface area contributed by atoms with Gasteiger partial charge in [0, 0.05) is 45.0 Å². The average molecular weight is 520 g/mol. The Morgan fingerprint density at radius 1 is 0.919 bits per heavy atom. The Morgan fingerprint density at radius 3 is 1.95 bits per heavy atom. The summed E-state index contributed by atoms with van der Waals surface area (Å²) in [7, 11) is 0. The standard InChI is InChI=1S/C28H49N5O4/c1-25(2)31-19-21-32(22-20-31)27-17-16-26(24-30-27)28(34)29-18-14-12-10-8-6-4-3-5-7-9-11-13-15-23-37-33(35)36/h16-17,24-25H,3-15,18-23H2,1-2H3,(H,29,34). The number of carbonyl (C=O) groups is 1. The zero-order valence-electron chi connectivity index (χ0n) is 23.2. The lowest BCUT2D eigenvalue weighted by Gasteiger charge is -2.37. The van der Waals surface area contributed by atoms with E-state index >= 15 is 0 Å². The van der Waals surface area contributed by atoms with Crippen molar-refractivity contribution >= 4 is 11.7 Å². The van der Waals surface area contributed by atoms with Gasteiger partial charge in [-0.25, -0.2) is 4.98 Å². The molecule has 1 fully saturated rings. The maximum absolute atomic E-state index is 12.4. The maximum Gasteiger partial charge on any atom is 0.294 e. The van der Waals surface area contributed by atoms with E-state index < -0.39 is 5.09 Å². The molecule has 1 aliphatic heterocycles. The van der Waals surface area contributed by atoms with Gasteiger partial charge in [0.15, 0.2) is 0 Å². The average Bonchev–Trinajstić information content (AvgIpc) is 2.90. The van der Waals surface area contributed by atoms with Crippen molar-refractivity contribution in [1.29, 1.82) is 0 Å². The summed E-state index contributed by atoms with van der Waals surface area (Å²) in [5, 5.41) is 12.4. The number of piperazine rings is 1. The normalized spacial score (nSPS) is 14.2. The molecular weight excluding hydrogens is 470 g/mol. The highest BCUT2D eigenvalue weighted by Crippen LogP contribution is 2.16. The van der Waals surface area contributed by atoms with Crippen LogP contribution in [0.2, 0.25) is 0 Å². The van der Waals surface area contributed by atoms with E-state index in [0.717, 1.165) is 70.6 Å². The molecule has 0 aliphatic carbocycles. The van der Waals surface area contributed by atoms with E-state index in [1.54, 1.807) is 6.20 Å². The molecule has 1 saturated heterocycles. The molecule has 1 aliphatic rings. The second-order valence-electron chi connectivity index (χ2n) is 10.4. The van der Waals surface area contributed by atoms with Gasteiger partial charge in [0.25, 0.3) is 11.0 Å². The van der Waals surface area contributed by atoms with Crippen LogP contribution in [-0.4, -0.2) is 66.3 Å². The van der Waals surface area contributed by atoms with Crippen molar-refractivity contribution in [2.45, 2.75) is 103 Å². The SMILES string of the molecule is CC(C)N1CCN(c2ccc(C(=O)NCCCCCCCCCCCCCCCO[N+](=O)[O-])cn2)CC1. The van der Waals surface area contributed by atoms with E-state index in [-0.39, 0.29) is 12.5 Å². The minimum absolute atomic E-state index is 0.0337. The minimum atomic E-state index is -0.716. The van der Waals surface area contributed by atoms with Crippen molar-refractivity contribution in [3.8, 4) is 0 Å². The van der Waals surface area contributed by atoms with Crippen LogP contribution in [0.1, 0.15) is 108 Å². The van der Waals surface area contributed by atoms with E-state index in [0.29, 0.717) is 11.6 Å². The molecule has 1 aromatic heterocycles. The molecule has 0 aromatic carbocycles. The van der Waals surface area contributed by atoms with E-state index in [2.05, 4.69) is 38.8 Å². The quantitative estimate of drug-likeness (QED) is 0.135. The topological polar surface area (TPSA) is 101 Å². The molecule has 0 radical (unpaired) electrons. The van der Waals surface area contributed by atoms with Gasteiger partial charge in [-0.3, -0.25) is 9.69 Å². The lowest BCUT2D eigenvalue weighted by Crippen LogP contribution is -2.49. The van der Waals surface area contributed by atoms with Gasteiger partial charge in [-0.05, 0) is 38.8 Å². The molecule has 0 spiro atoms. The molecule has 37 heavy (non-hydrogen) atoms. The summed E-state index contributed by atoms with van der Waals surface area (Å²) in [6, 6.07) is 4.44. The first kappa shape index (κ1) is 30.8. The summed E-state index contributed by atoms with van der Waals surface area (Å²) in [5.74, 6) is 0.923. The molecule has 0 unspecified atom stereocenters. The molecule has 2 heterocycles. The minimum Gasteiger partial charge on any atom is -0.354 e. The van der Waals surface area contributed by atoms with Crippen LogP contribution in [0.5, 0.6) is 0 Å². The van der Waals surface area contributed by atoms with Crippen molar-refractivity contribution in [2.24, 2.45) is 0 Å². The summed E-state index contributed by atoms with van der Waals surface area (Å²) < 4.78 is 0. The highest BCUT2D eigenvalue weighted by atomic mass is 16.9. The molecule has 210 valence electrons. The van der Waals surface area contributed by atoms with Gasteiger partial charge >= 0.3 is 0 Å². The number of hydrogen-bond donors (Lipinski definition) is 1. The maximum atomic E-state index is 12.4. The largest absolute Gasteiger partial charge is 0.354 e. The van der Waals surface area contributed by atoms with Crippen LogP contribution in [0.15, 0.2) is 18.3 Å². The van der Waals surface area contributed by atoms with Crippen LogP contribution in [-0.2, 0) is 4.84 Å². The van der Waals surface area contributed by atoms with Gasteiger partial charge in [-0.1, -0.05) is 70.6 Å². The number of aromatic nitrogens is 1. The molecule has 0 bridgehead atoms. The van der Waals surface area contributed by atoms with E-state index in [4.69, 9.17) is 0 Å². The lowest BCUT2D eigenvalue weighted by atomic mass is 10.0. The van der Waals surface area contributed by atoms with Gasteiger partial charge in [0.1, 0.15) is 5.82 Å². The number of amides is 1. The van der Waals surface area contributed by atoms with Gasteiger partial charge in [-0.15, -0.1) is 10.1 Å². The Hall–Kier alpha value is -2.42. The van der Waals surface area contributed by atoms with Crippen LogP contribution in [0.25, 0.3) is 0 Å². The van der Waals surface area contributed by atoms with E-state index in [1.807, 2.05) is 12.1 Å². The van der Waals surface area contributed by atoms with Gasteiger partial charge in [0.05, 0.1) is 12.2 Å². The lowest BCUT2D eigenvalue weighted by molar-refractivity contribution is -0.757. The highest BCUT2D eigenvalue weighted by Gasteiger charge is 2.19. The number of nitrogens with one attached hydrogen (secondary N) is 1. The summed E-state index contributed by atoms with van der Waals surface area (Å²) in [5.41, 5.74) is 0.633. The fraction of sp³-hybridized carbons (Fsp3) is 0.786. The van der Waals surface area contributed by atoms with Crippen LogP contribution < -0.4 is 10.2 Å². The second kappa shape index (κ2) is 18.8. The third-order valence-electron chi connectivity index (χ3n) is 7.18. The number of anilines is 1. The number of pyridine rings is 1. The molecule has 0 saturated carbocycles. The van der Waals surface area contributed by atoms with Crippen LogP contribution in [0.4, 0.5) is 5.82 Å². The first-order valence-electron chi connectivity index (χ1n) is 14.5. The smallest absolute Gasteiger partial charge is 0.294 e. The fourth-order valence-electron chi connectivity index (χ4n) is 4.79. The predicted molar refractivity (Wildman–Crippen MR) is 148 cm³/mol. The molecule has 0 atom stereocenters. The summed E-state index contributed by atoms with van der Waals surface area (Å²) >= 11 is 0. The van der Waals surface area contributed by atoms with Crippen molar-refractivity contribution in [3.05, 3.63) is 34.0 Å². The zero-order valence-corrected chi connectivity index (χ0v) is 23.2. The van der Waals surface area contributed by atoms with Crippen LogP contribution >= 0.6 is 0 Å². The Labute approximate surface area is 223 Å². The summed E-state index contributed by atoms with van der Waals surface area (Å²) in [6.45, 7) is 9.47. The zero-order chi connectivity index (χ0) is 26.7. The molecule has 1 N–H and O–H groups in total. The Bertz CT molecular complexity index is 751. The Balaban J connectivity index is 1.40. The highest BCUT2D eigenvalue weighted by molar-refractivity contribution is 5.94.